The summed E-state index contributed by atoms with van der Waals surface area (Å²) in [7, 11) is 0. The molecule has 1 fully saturated rings. The van der Waals surface area contributed by atoms with Crippen LogP contribution in [-0.2, 0) is 9.59 Å². The molecule has 1 heterocycles. The van der Waals surface area contributed by atoms with Gasteiger partial charge in [0.05, 0.1) is 12.1 Å². The quantitative estimate of drug-likeness (QED) is 0.879. The topological polar surface area (TPSA) is 49.4 Å². The van der Waals surface area contributed by atoms with E-state index in [2.05, 4.69) is 5.32 Å². The van der Waals surface area contributed by atoms with Gasteiger partial charge in [0.1, 0.15) is 6.04 Å². The van der Waals surface area contributed by atoms with E-state index in [0.717, 1.165) is 11.3 Å². The third-order valence-corrected chi connectivity index (χ3v) is 3.52. The number of para-hydroxylation sites is 1. The normalized spacial score (nSPS) is 18.1. The van der Waals surface area contributed by atoms with Crippen molar-refractivity contribution in [3.8, 4) is 0 Å². The van der Waals surface area contributed by atoms with E-state index in [9.17, 15) is 9.59 Å². The second-order valence-electron chi connectivity index (χ2n) is 5.17. The van der Waals surface area contributed by atoms with Crippen LogP contribution in [-0.4, -0.2) is 17.9 Å². The van der Waals surface area contributed by atoms with Gasteiger partial charge in [0, 0.05) is 5.69 Å². The highest BCUT2D eigenvalue weighted by Crippen LogP contribution is 2.25. The molecule has 21 heavy (non-hydrogen) atoms. The van der Waals surface area contributed by atoms with Gasteiger partial charge >= 0.3 is 0 Å². The number of hydrogen-bond donors (Lipinski definition) is 1. The fraction of sp³-hybridized carbons (Fsp3) is 0.176. The number of benzene rings is 2. The van der Waals surface area contributed by atoms with Crippen LogP contribution in [0.4, 0.5) is 11.4 Å². The molecule has 106 valence electrons. The molecule has 0 unspecified atom stereocenters. The molecule has 0 spiro atoms. The lowest BCUT2D eigenvalue weighted by Gasteiger charge is -2.16. The van der Waals surface area contributed by atoms with Crippen LogP contribution in [0.15, 0.2) is 54.6 Å². The van der Waals surface area contributed by atoms with Crippen molar-refractivity contribution in [1.82, 2.24) is 0 Å². The molecule has 0 radical (unpaired) electrons. The number of aryl methyl sites for hydroxylation is 1. The predicted molar refractivity (Wildman–Crippen MR) is 82.1 cm³/mol. The molecule has 1 aliphatic heterocycles. The first-order valence-electron chi connectivity index (χ1n) is 6.90. The Morgan fingerprint density at radius 2 is 1.81 bits per heavy atom. The van der Waals surface area contributed by atoms with E-state index in [0.29, 0.717) is 5.69 Å². The number of amides is 2. The van der Waals surface area contributed by atoms with Crippen molar-refractivity contribution >= 4 is 23.2 Å². The van der Waals surface area contributed by atoms with Gasteiger partial charge < -0.3 is 5.32 Å². The lowest BCUT2D eigenvalue weighted by atomic mass is 10.2. The highest BCUT2D eigenvalue weighted by Gasteiger charge is 2.39. The zero-order chi connectivity index (χ0) is 14.8. The van der Waals surface area contributed by atoms with Crippen molar-refractivity contribution in [2.24, 2.45) is 0 Å². The molecule has 2 amide bonds. The maximum absolute atomic E-state index is 12.5. The standard InChI is InChI=1S/C17H16N2O2/c1-12-6-5-9-14(10-12)19-16(20)11-15(17(19)21)18-13-7-3-2-4-8-13/h2-10,15,18H,11H2,1H3/t15-/m1/s1. The van der Waals surface area contributed by atoms with Crippen molar-refractivity contribution in [3.05, 3.63) is 60.2 Å². The number of rotatable bonds is 3. The molecular weight excluding hydrogens is 264 g/mol. The SMILES string of the molecule is Cc1cccc(N2C(=O)C[C@@H](Nc3ccccc3)C2=O)c1. The number of carbonyl (C=O) groups excluding carboxylic acids is 2. The highest BCUT2D eigenvalue weighted by molar-refractivity contribution is 6.23. The van der Waals surface area contributed by atoms with Crippen LogP contribution < -0.4 is 10.2 Å². The molecule has 3 rings (SSSR count). The second kappa shape index (κ2) is 5.40. The van der Waals surface area contributed by atoms with Crippen LogP contribution in [0.25, 0.3) is 0 Å². The van der Waals surface area contributed by atoms with Gasteiger partial charge in [-0.3, -0.25) is 9.59 Å². The van der Waals surface area contributed by atoms with Gasteiger partial charge in [-0.25, -0.2) is 4.90 Å². The number of anilines is 2. The first-order chi connectivity index (χ1) is 10.1. The van der Waals surface area contributed by atoms with E-state index in [1.54, 1.807) is 6.07 Å². The predicted octanol–water partition coefficient (Wildman–Crippen LogP) is 2.74. The van der Waals surface area contributed by atoms with E-state index in [4.69, 9.17) is 0 Å². The molecule has 0 bridgehead atoms. The van der Waals surface area contributed by atoms with E-state index < -0.39 is 6.04 Å². The van der Waals surface area contributed by atoms with Crippen molar-refractivity contribution in [2.75, 3.05) is 10.2 Å². The summed E-state index contributed by atoms with van der Waals surface area (Å²) in [5.74, 6) is -0.367. The Kier molecular flexibility index (Phi) is 3.44. The average Bonchev–Trinajstić information content (AvgIpc) is 2.74. The van der Waals surface area contributed by atoms with Crippen LogP contribution in [0.5, 0.6) is 0 Å². The minimum Gasteiger partial charge on any atom is -0.373 e. The van der Waals surface area contributed by atoms with E-state index in [-0.39, 0.29) is 18.2 Å². The maximum atomic E-state index is 12.5. The molecule has 4 nitrogen and oxygen atoms in total. The van der Waals surface area contributed by atoms with Crippen molar-refractivity contribution in [1.29, 1.82) is 0 Å². The van der Waals surface area contributed by atoms with Crippen molar-refractivity contribution in [2.45, 2.75) is 19.4 Å². The van der Waals surface area contributed by atoms with E-state index >= 15 is 0 Å². The Labute approximate surface area is 123 Å². The lowest BCUT2D eigenvalue weighted by Crippen LogP contribution is -2.34. The van der Waals surface area contributed by atoms with Crippen LogP contribution in [0.2, 0.25) is 0 Å². The lowest BCUT2D eigenvalue weighted by molar-refractivity contribution is -0.121. The minimum absolute atomic E-state index is 0.168. The van der Waals surface area contributed by atoms with Crippen LogP contribution in [0.3, 0.4) is 0 Å². The summed E-state index contributed by atoms with van der Waals surface area (Å²) >= 11 is 0. The van der Waals surface area contributed by atoms with Crippen molar-refractivity contribution in [3.63, 3.8) is 0 Å². The van der Waals surface area contributed by atoms with Gasteiger partial charge in [-0.15, -0.1) is 0 Å². The molecule has 1 N–H and O–H groups in total. The summed E-state index contributed by atoms with van der Waals surface area (Å²) < 4.78 is 0. The Balaban J connectivity index is 1.82. The zero-order valence-corrected chi connectivity index (χ0v) is 11.7. The molecule has 1 saturated heterocycles. The third kappa shape index (κ3) is 2.65. The molecule has 1 atom stereocenters. The minimum atomic E-state index is -0.500. The number of imide groups is 1. The van der Waals surface area contributed by atoms with Gasteiger partial charge in [-0.05, 0) is 36.8 Å². The first kappa shape index (κ1) is 13.4. The second-order valence-corrected chi connectivity index (χ2v) is 5.17. The molecule has 0 aromatic heterocycles. The summed E-state index contributed by atoms with van der Waals surface area (Å²) in [6.45, 7) is 1.94. The molecule has 4 heteroatoms. The fourth-order valence-electron chi connectivity index (χ4n) is 2.52. The summed E-state index contributed by atoms with van der Waals surface area (Å²) in [6, 6.07) is 16.4. The Morgan fingerprint density at radius 1 is 1.05 bits per heavy atom. The molecule has 0 saturated carbocycles. The summed E-state index contributed by atoms with van der Waals surface area (Å²) in [5, 5.41) is 3.12. The Morgan fingerprint density at radius 3 is 2.52 bits per heavy atom. The van der Waals surface area contributed by atoms with Gasteiger partial charge in [-0.1, -0.05) is 30.3 Å². The molecule has 2 aromatic carbocycles. The largest absolute Gasteiger partial charge is 0.373 e. The fourth-order valence-corrected chi connectivity index (χ4v) is 2.52. The van der Waals surface area contributed by atoms with Crippen LogP contribution in [0, 0.1) is 6.92 Å². The number of hydrogen-bond acceptors (Lipinski definition) is 3. The van der Waals surface area contributed by atoms with Gasteiger partial charge in [0.2, 0.25) is 5.91 Å². The van der Waals surface area contributed by atoms with E-state index in [1.807, 2.05) is 55.5 Å². The maximum Gasteiger partial charge on any atom is 0.256 e. The van der Waals surface area contributed by atoms with Gasteiger partial charge in [0.15, 0.2) is 0 Å². The molecule has 0 aliphatic carbocycles. The van der Waals surface area contributed by atoms with E-state index in [1.165, 1.54) is 4.90 Å². The number of nitrogens with one attached hydrogen (secondary N) is 1. The van der Waals surface area contributed by atoms with Crippen LogP contribution >= 0.6 is 0 Å². The monoisotopic (exact) mass is 280 g/mol. The highest BCUT2D eigenvalue weighted by atomic mass is 16.2. The zero-order valence-electron chi connectivity index (χ0n) is 11.7. The summed E-state index contributed by atoms with van der Waals surface area (Å²) in [4.78, 5) is 25.9. The van der Waals surface area contributed by atoms with Crippen molar-refractivity contribution < 1.29 is 9.59 Å². The molecular formula is C17H16N2O2. The smallest absolute Gasteiger partial charge is 0.256 e. The molecule has 2 aromatic rings. The molecule has 1 aliphatic rings. The Hall–Kier alpha value is -2.62. The number of nitrogens with zero attached hydrogens (tertiary/aromatic N) is 1. The first-order valence-corrected chi connectivity index (χ1v) is 6.90. The Bertz CT molecular complexity index is 682. The van der Waals surface area contributed by atoms with Gasteiger partial charge in [-0.2, -0.15) is 0 Å². The number of carbonyl (C=O) groups is 2. The average molecular weight is 280 g/mol. The summed E-state index contributed by atoms with van der Waals surface area (Å²) in [5.41, 5.74) is 2.50. The van der Waals surface area contributed by atoms with Crippen LogP contribution in [0.1, 0.15) is 12.0 Å². The van der Waals surface area contributed by atoms with Gasteiger partial charge in [0.25, 0.3) is 5.91 Å². The third-order valence-electron chi connectivity index (χ3n) is 3.52. The summed E-state index contributed by atoms with van der Waals surface area (Å²) in [6.07, 6.45) is 0.182.